The van der Waals surface area contributed by atoms with Crippen LogP contribution >= 0.6 is 0 Å². The molecule has 440 valence electrons. The second-order valence-electron chi connectivity index (χ2n) is 21.9. The molecule has 2 aromatic carbocycles. The van der Waals surface area contributed by atoms with Gasteiger partial charge in [0.25, 0.3) is 0 Å². The zero-order chi connectivity index (χ0) is 59.4. The highest BCUT2D eigenvalue weighted by atomic mass is 19.4. The lowest BCUT2D eigenvalue weighted by molar-refractivity contribution is -0.231. The third kappa shape index (κ3) is 14.5. The van der Waals surface area contributed by atoms with Crippen LogP contribution in [0.2, 0.25) is 0 Å². The maximum Gasteiger partial charge on any atom is 0.407 e. The van der Waals surface area contributed by atoms with E-state index in [1.807, 2.05) is 17.4 Å². The number of ketones is 1. The van der Waals surface area contributed by atoms with Gasteiger partial charge in [-0.3, -0.25) is 29.7 Å². The van der Waals surface area contributed by atoms with Gasteiger partial charge in [-0.2, -0.15) is 40.2 Å². The Kier molecular flexibility index (Phi) is 19.3. The molecule has 3 N–H and O–H groups in total. The summed E-state index contributed by atoms with van der Waals surface area (Å²) in [6, 6.07) is 11.7. The van der Waals surface area contributed by atoms with Crippen LogP contribution in [0.3, 0.4) is 0 Å². The number of ether oxygens (including phenoxy) is 3. The summed E-state index contributed by atoms with van der Waals surface area (Å²) in [4.78, 5) is 60.6. The number of pyridine rings is 1. The van der Waals surface area contributed by atoms with E-state index in [9.17, 15) is 59.4 Å². The van der Waals surface area contributed by atoms with Gasteiger partial charge < -0.3 is 24.6 Å². The lowest BCUT2D eigenvalue weighted by Crippen LogP contribution is -2.57. The van der Waals surface area contributed by atoms with Crippen molar-refractivity contribution < 1.29 is 82.4 Å². The standard InChI is InChI=1S/C56H63F10N7O8/c1-53(2,55(61,62)63)41(25-48(76)79-5)50(77)70-71(27-40-42(57)22-35(23-43(40)58)45-17-18-72(69-45)51(59)60)28-47(75)36(24-46(74)49(68-52(78)80-6)54(3,4)56(64,65)66)19-32-10-7-31(8-11-32)9-12-33-13-16-44(67-26-33)34-20-37-14-15-38(21-34)73(37)39-29-81-30-39/h7-8,10-11,13,16-18,22-23,26,34,36-39,41,47,49,51,75H,14-15,19-21,24-25,27-30H2,1-6H3,(H,68,78)(H,70,77)/t34?,36-,37?,38?,41-,47+,49-/m1/s1. The zero-order valence-electron chi connectivity index (χ0n) is 45.1. The normalized spacial score (nSPS) is 19.5. The number of alkyl halides is 8. The summed E-state index contributed by atoms with van der Waals surface area (Å²) in [7, 11) is 1.70. The average molecular weight is 1150 g/mol. The van der Waals surface area contributed by atoms with Crippen LogP contribution in [0, 0.1) is 46.1 Å². The third-order valence-corrected chi connectivity index (χ3v) is 15.9. The van der Waals surface area contributed by atoms with Gasteiger partial charge in [-0.25, -0.2) is 23.3 Å². The molecule has 0 radical (unpaired) electrons. The van der Waals surface area contributed by atoms with Crippen LogP contribution < -0.4 is 10.7 Å². The Bertz CT molecular complexity index is 2900. The van der Waals surface area contributed by atoms with Crippen LogP contribution in [0.4, 0.5) is 48.7 Å². The minimum atomic E-state index is -5.16. The summed E-state index contributed by atoms with van der Waals surface area (Å²) in [5.74, 6) is -4.24. The summed E-state index contributed by atoms with van der Waals surface area (Å²) in [6.45, 7) is -1.18. The summed E-state index contributed by atoms with van der Waals surface area (Å²) < 4.78 is 161. The molecule has 25 heteroatoms. The number of halogens is 10. The van der Waals surface area contributed by atoms with Gasteiger partial charge in [0.1, 0.15) is 17.7 Å². The molecule has 5 heterocycles. The molecule has 6 atom stereocenters. The number of hydrogen-bond donors (Lipinski definition) is 3. The lowest BCUT2D eigenvalue weighted by Gasteiger charge is -2.46. The van der Waals surface area contributed by atoms with E-state index in [1.165, 1.54) is 0 Å². The van der Waals surface area contributed by atoms with Crippen molar-refractivity contribution in [1.29, 1.82) is 0 Å². The molecule has 3 aliphatic heterocycles. The Balaban J connectivity index is 1.18. The van der Waals surface area contributed by atoms with Gasteiger partial charge >= 0.3 is 31.0 Å². The number of aromatic nitrogens is 3. The fourth-order valence-corrected chi connectivity index (χ4v) is 10.6. The average Bonchev–Trinajstić information content (AvgIpc) is 4.18. The Morgan fingerprint density at radius 3 is 1.95 bits per heavy atom. The van der Waals surface area contributed by atoms with E-state index in [-0.39, 0.29) is 22.4 Å². The molecular weight excluding hydrogens is 1090 g/mol. The second-order valence-corrected chi connectivity index (χ2v) is 21.9. The number of methoxy groups -OCH3 is 2. The quantitative estimate of drug-likeness (QED) is 0.0313. The first-order valence-corrected chi connectivity index (χ1v) is 26.1. The van der Waals surface area contributed by atoms with Crippen LogP contribution in [0.5, 0.6) is 0 Å². The first-order chi connectivity index (χ1) is 38.0. The van der Waals surface area contributed by atoms with Gasteiger partial charge in [-0.1, -0.05) is 37.8 Å². The van der Waals surface area contributed by atoms with E-state index < -0.39 is 121 Å². The number of hydrazine groups is 1. The van der Waals surface area contributed by atoms with Gasteiger partial charge in [0.05, 0.1) is 68.4 Å². The number of nitrogens with one attached hydrogen (secondary N) is 2. The van der Waals surface area contributed by atoms with E-state index >= 15 is 8.78 Å². The number of fused-ring (bicyclic) bond motifs is 2. The number of amides is 2. The number of carbonyl (C=O) groups is 4. The molecule has 2 unspecified atom stereocenters. The van der Waals surface area contributed by atoms with Gasteiger partial charge in [-0.05, 0) is 99.9 Å². The fourth-order valence-electron chi connectivity index (χ4n) is 10.6. The molecular formula is C56H63F10N7O8. The summed E-state index contributed by atoms with van der Waals surface area (Å²) in [5, 5.41) is 18.3. The molecule has 3 saturated heterocycles. The summed E-state index contributed by atoms with van der Waals surface area (Å²) >= 11 is 0. The molecule has 0 spiro atoms. The Hall–Kier alpha value is -6.62. The number of piperidine rings is 1. The molecule has 3 fully saturated rings. The fraction of sp³-hybridized carbons (Fsp3) is 0.536. The number of aliphatic hydroxyl groups excluding tert-OH is 1. The van der Waals surface area contributed by atoms with Crippen LogP contribution in [-0.4, -0.2) is 130 Å². The second kappa shape index (κ2) is 25.3. The largest absolute Gasteiger partial charge is 0.469 e. The van der Waals surface area contributed by atoms with E-state index in [1.54, 1.807) is 30.5 Å². The first-order valence-electron chi connectivity index (χ1n) is 26.1. The highest BCUT2D eigenvalue weighted by Crippen LogP contribution is 2.47. The van der Waals surface area contributed by atoms with Crippen molar-refractivity contribution >= 4 is 23.8 Å². The minimum Gasteiger partial charge on any atom is -0.469 e. The van der Waals surface area contributed by atoms with Crippen molar-refractivity contribution in [3.05, 3.63) is 107 Å². The summed E-state index contributed by atoms with van der Waals surface area (Å²) in [6.07, 6.45) is -9.34. The minimum absolute atomic E-state index is 0.212. The smallest absolute Gasteiger partial charge is 0.407 e. The highest BCUT2D eigenvalue weighted by Gasteiger charge is 2.57. The molecule has 2 amide bonds. The molecule has 81 heavy (non-hydrogen) atoms. The van der Waals surface area contributed by atoms with Crippen molar-refractivity contribution in [2.24, 2.45) is 22.7 Å². The Morgan fingerprint density at radius 1 is 0.827 bits per heavy atom. The number of aliphatic hydroxyl groups is 1. The Labute approximate surface area is 461 Å². The van der Waals surface area contributed by atoms with E-state index in [2.05, 4.69) is 36.7 Å². The highest BCUT2D eigenvalue weighted by molar-refractivity contribution is 5.88. The number of rotatable bonds is 21. The van der Waals surface area contributed by atoms with Crippen molar-refractivity contribution in [2.45, 2.75) is 134 Å². The van der Waals surface area contributed by atoms with E-state index in [0.717, 1.165) is 71.1 Å². The Morgan fingerprint density at radius 2 is 1.43 bits per heavy atom. The van der Waals surface area contributed by atoms with Crippen molar-refractivity contribution in [2.75, 3.05) is 34.0 Å². The molecule has 2 aromatic heterocycles. The maximum absolute atomic E-state index is 16.1. The van der Waals surface area contributed by atoms with Gasteiger partial charge in [-0.15, -0.1) is 0 Å². The van der Waals surface area contributed by atoms with Crippen LogP contribution in [0.1, 0.15) is 107 Å². The van der Waals surface area contributed by atoms with Crippen LogP contribution in [-0.2, 0) is 41.6 Å². The number of alkyl carbamates (subject to hydrolysis) is 1. The topological polar surface area (TPSA) is 177 Å². The third-order valence-electron chi connectivity index (χ3n) is 15.9. The molecule has 0 aliphatic carbocycles. The predicted octanol–water partition coefficient (Wildman–Crippen LogP) is 9.22. The van der Waals surface area contributed by atoms with Gasteiger partial charge in [0.2, 0.25) is 5.91 Å². The number of hydrogen-bond acceptors (Lipinski definition) is 12. The number of Topliss-reactive ketones (excluding diaryl/α,β-unsaturated/α-hetero) is 1. The molecule has 3 aliphatic rings. The van der Waals surface area contributed by atoms with Gasteiger partial charge in [0.15, 0.2) is 5.78 Å². The predicted molar refractivity (Wildman–Crippen MR) is 271 cm³/mol. The van der Waals surface area contributed by atoms with Crippen LogP contribution in [0.25, 0.3) is 11.3 Å². The molecule has 4 aromatic rings. The number of esters is 1. The molecule has 7 rings (SSSR count). The van der Waals surface area contributed by atoms with E-state index in [0.29, 0.717) is 85.6 Å². The van der Waals surface area contributed by atoms with Crippen molar-refractivity contribution in [3.63, 3.8) is 0 Å². The van der Waals surface area contributed by atoms with E-state index in [4.69, 9.17) is 9.72 Å². The van der Waals surface area contributed by atoms with Gasteiger partial charge in [0, 0.05) is 77.9 Å². The van der Waals surface area contributed by atoms with Crippen LogP contribution in [0.15, 0.2) is 67.0 Å². The van der Waals surface area contributed by atoms with Crippen molar-refractivity contribution in [3.8, 4) is 23.1 Å². The maximum atomic E-state index is 16.1. The molecule has 15 nitrogen and oxygen atoms in total. The number of benzene rings is 2. The molecule has 2 bridgehead atoms. The number of carbonyl (C=O) groups excluding carboxylic acids is 4. The lowest BCUT2D eigenvalue weighted by atomic mass is 9.75. The van der Waals surface area contributed by atoms with Crippen molar-refractivity contribution in [1.82, 2.24) is 35.4 Å². The first kappa shape index (κ1) is 62.0. The summed E-state index contributed by atoms with van der Waals surface area (Å²) in [5.41, 5.74) is -2.90. The zero-order valence-corrected chi connectivity index (χ0v) is 45.1. The molecule has 0 saturated carbocycles. The number of nitrogens with zero attached hydrogens (tertiary/aromatic N) is 5. The SMILES string of the molecule is COC(=O)C[C@H](C(=O)NN(Cc1c(F)cc(-c2ccn(C(F)F)n2)cc1F)C[C@H](O)[C@@H](CC(=O)[C@@H](NC(=O)OC)C(C)(C)C(F)(F)F)Cc1ccc(C#Cc2ccc(C3CC4CCC(C3)N4C3COC3)nc2)cc1)C(C)(C)C(F)(F)F. The monoisotopic (exact) mass is 1150 g/mol.